The second-order valence-electron chi connectivity index (χ2n) is 18.2. The van der Waals surface area contributed by atoms with Gasteiger partial charge in [0.2, 0.25) is 17.8 Å². The molecule has 66 heavy (non-hydrogen) atoms. The molecule has 18 nitrogen and oxygen atoms in total. The Morgan fingerprint density at radius 2 is 1.62 bits per heavy atom. The van der Waals surface area contributed by atoms with E-state index < -0.39 is 29.7 Å². The minimum atomic E-state index is -0.981. The van der Waals surface area contributed by atoms with E-state index in [9.17, 15) is 28.8 Å². The van der Waals surface area contributed by atoms with Crippen LogP contribution >= 0.6 is 11.6 Å². The molecule has 2 aromatic heterocycles. The number of pyridine rings is 1. The van der Waals surface area contributed by atoms with Gasteiger partial charge < -0.3 is 34.5 Å². The molecule has 5 aliphatic rings. The number of rotatable bonds is 13. The van der Waals surface area contributed by atoms with Gasteiger partial charge in [-0.2, -0.15) is 4.98 Å². The van der Waals surface area contributed by atoms with Crippen LogP contribution in [0.2, 0.25) is 5.02 Å². The maximum atomic E-state index is 13.4. The zero-order valence-electron chi connectivity index (χ0n) is 37.5. The zero-order valence-corrected chi connectivity index (χ0v) is 38.3. The van der Waals surface area contributed by atoms with Gasteiger partial charge >= 0.3 is 0 Å². The van der Waals surface area contributed by atoms with Gasteiger partial charge in [-0.3, -0.25) is 43.9 Å². The summed E-state index contributed by atoms with van der Waals surface area (Å²) in [5.74, 6) is -1.21. The quantitative estimate of drug-likeness (QED) is 0.159. The van der Waals surface area contributed by atoms with Crippen molar-refractivity contribution in [2.45, 2.75) is 102 Å². The number of amides is 5. The summed E-state index contributed by atoms with van der Waals surface area (Å²) >= 11 is 6.61. The minimum Gasteiger partial charge on any atom is -0.478 e. The fourth-order valence-electron chi connectivity index (χ4n) is 9.89. The third-order valence-electron chi connectivity index (χ3n) is 13.7. The van der Waals surface area contributed by atoms with Crippen molar-refractivity contribution < 1.29 is 33.4 Å². The van der Waals surface area contributed by atoms with E-state index >= 15 is 0 Å². The third-order valence-corrected chi connectivity index (χ3v) is 14.0. The van der Waals surface area contributed by atoms with Gasteiger partial charge in [0.05, 0.1) is 35.0 Å². The van der Waals surface area contributed by atoms with Crippen LogP contribution in [0.1, 0.15) is 92.0 Å². The molecule has 3 saturated heterocycles. The number of hydrogen-bond donors (Lipinski definition) is 3. The van der Waals surface area contributed by atoms with Gasteiger partial charge in [-0.25, -0.2) is 4.98 Å². The summed E-state index contributed by atoms with van der Waals surface area (Å²) in [6.07, 6.45) is 8.01. The highest BCUT2D eigenvalue weighted by atomic mass is 35.5. The zero-order chi connectivity index (χ0) is 46.4. The molecule has 5 amide bonds. The van der Waals surface area contributed by atoms with Crippen molar-refractivity contribution in [3.8, 4) is 5.75 Å². The number of anilines is 4. The molecule has 9 rings (SSSR count). The number of hydrogen-bond acceptors (Lipinski definition) is 14. The van der Waals surface area contributed by atoms with E-state index in [2.05, 4.69) is 42.7 Å². The molecule has 2 aromatic carbocycles. The van der Waals surface area contributed by atoms with Crippen LogP contribution in [0.25, 0.3) is 10.9 Å². The molecule has 6 heterocycles. The summed E-state index contributed by atoms with van der Waals surface area (Å²) in [6, 6.07) is 12.3. The Bertz CT molecular complexity index is 2640. The highest BCUT2D eigenvalue weighted by molar-refractivity contribution is 6.33. The Hall–Kier alpha value is -6.11. The van der Waals surface area contributed by atoms with E-state index in [1.54, 1.807) is 29.0 Å². The van der Waals surface area contributed by atoms with E-state index in [1.807, 2.05) is 38.1 Å². The van der Waals surface area contributed by atoms with Crippen LogP contribution in [-0.2, 0) is 19.1 Å². The molecule has 19 heteroatoms. The molecule has 1 unspecified atom stereocenters. The lowest BCUT2D eigenvalue weighted by atomic mass is 9.90. The Morgan fingerprint density at radius 1 is 0.894 bits per heavy atom. The maximum absolute atomic E-state index is 13.4. The predicted octanol–water partition coefficient (Wildman–Crippen LogP) is 4.41. The number of nitrogens with one attached hydrogen (secondary N) is 3. The number of nitrogens with zero attached hydrogens (tertiary/aromatic N) is 7. The molecule has 3 N–H and O–H groups in total. The SMILES string of the molecule is CNC(=O)COc1cc2cc(Nc3nc(N4CCC(OC5CCC(N(C)C6CN(c7ccc8c(c7)C(=O)N(C7CCC(=O)NC7=O)C8=O)C6)CC5)CC4)ncc3Cl)ccc2n(C(C)C)c1=O. The molecule has 1 atom stereocenters. The Labute approximate surface area is 386 Å². The molecule has 4 fully saturated rings. The minimum absolute atomic E-state index is 0.0853. The van der Waals surface area contributed by atoms with Crippen molar-refractivity contribution in [1.29, 1.82) is 0 Å². The average Bonchev–Trinajstić information content (AvgIpc) is 3.53. The highest BCUT2D eigenvalue weighted by Gasteiger charge is 2.45. The first-order valence-electron chi connectivity index (χ1n) is 22.8. The van der Waals surface area contributed by atoms with Crippen LogP contribution in [0.5, 0.6) is 5.75 Å². The number of benzene rings is 2. The second kappa shape index (κ2) is 18.6. The lowest BCUT2D eigenvalue weighted by Crippen LogP contribution is -2.61. The van der Waals surface area contributed by atoms with Crippen molar-refractivity contribution in [3.05, 3.63) is 75.2 Å². The van der Waals surface area contributed by atoms with E-state index in [-0.39, 0.29) is 60.5 Å². The Kier molecular flexibility index (Phi) is 12.7. The smallest absolute Gasteiger partial charge is 0.293 e. The van der Waals surface area contributed by atoms with Crippen molar-refractivity contribution in [2.24, 2.45) is 0 Å². The van der Waals surface area contributed by atoms with Gasteiger partial charge in [-0.15, -0.1) is 0 Å². The highest BCUT2D eigenvalue weighted by Crippen LogP contribution is 2.36. The van der Waals surface area contributed by atoms with Crippen molar-refractivity contribution >= 4 is 75.2 Å². The van der Waals surface area contributed by atoms with E-state index in [0.717, 1.165) is 86.2 Å². The predicted molar refractivity (Wildman–Crippen MR) is 248 cm³/mol. The number of aromatic nitrogens is 3. The molecule has 0 bridgehead atoms. The number of halogens is 1. The molecule has 1 aliphatic carbocycles. The number of likely N-dealkylation sites (N-methyl/N-ethyl adjacent to an activating group) is 2. The molecular weight excluding hydrogens is 868 g/mol. The van der Waals surface area contributed by atoms with Crippen molar-refractivity contribution in [1.82, 2.24) is 35.0 Å². The first kappa shape index (κ1) is 45.1. The lowest BCUT2D eigenvalue weighted by molar-refractivity contribution is -0.136. The summed E-state index contributed by atoms with van der Waals surface area (Å²) in [6.45, 7) is 6.68. The van der Waals surface area contributed by atoms with Crippen LogP contribution < -0.4 is 36.0 Å². The van der Waals surface area contributed by atoms with E-state index in [4.69, 9.17) is 26.1 Å². The van der Waals surface area contributed by atoms with E-state index in [1.165, 1.54) is 7.05 Å². The van der Waals surface area contributed by atoms with Crippen LogP contribution in [0.15, 0.2) is 53.5 Å². The monoisotopic (exact) mass is 922 g/mol. The van der Waals surface area contributed by atoms with Gasteiger partial charge in [0.1, 0.15) is 11.1 Å². The number of carbonyl (C=O) groups is 5. The number of ether oxygens (including phenoxy) is 2. The summed E-state index contributed by atoms with van der Waals surface area (Å²) in [7, 11) is 3.71. The number of imide groups is 2. The van der Waals surface area contributed by atoms with Gasteiger partial charge in [-0.1, -0.05) is 11.6 Å². The molecule has 4 aliphatic heterocycles. The standard InChI is InChI=1S/C47H55ClN10O8/c1-26(2)57-37-12-5-28(19-27(37)20-39(46(57)64)65-25-41(60)49-3)51-42-36(48)22-50-47(53-42)55-17-15-33(16-18-55)66-32-9-6-29(7-10-32)54(4)31-23-56(24-31)30-8-11-34-35(21-30)45(63)58(44(34)62)38-13-14-40(59)52-43(38)61/h5,8,11-12,19-22,26,29,31-33,38H,6-7,9-10,13-18,23-25H2,1-4H3,(H,49,60)(H,50,51,53)(H,52,59,61). The topological polar surface area (TPSA) is 201 Å². The Morgan fingerprint density at radius 3 is 2.33 bits per heavy atom. The summed E-state index contributed by atoms with van der Waals surface area (Å²) in [5, 5.41) is 9.20. The van der Waals surface area contributed by atoms with Gasteiger partial charge in [0.15, 0.2) is 18.2 Å². The average molecular weight is 923 g/mol. The molecule has 348 valence electrons. The molecule has 0 radical (unpaired) electrons. The normalized spacial score (nSPS) is 21.7. The third kappa shape index (κ3) is 8.92. The molecule has 0 spiro atoms. The Balaban J connectivity index is 0.739. The summed E-state index contributed by atoms with van der Waals surface area (Å²) < 4.78 is 14.0. The number of fused-ring (bicyclic) bond motifs is 2. The lowest BCUT2D eigenvalue weighted by Gasteiger charge is -2.49. The maximum Gasteiger partial charge on any atom is 0.293 e. The van der Waals surface area contributed by atoms with Gasteiger partial charge in [0, 0.05) is 74.5 Å². The van der Waals surface area contributed by atoms with E-state index in [0.29, 0.717) is 40.1 Å². The molecule has 4 aromatic rings. The fraction of sp³-hybridized carbons (Fsp3) is 0.489. The van der Waals surface area contributed by atoms with Crippen molar-refractivity contribution in [2.75, 3.05) is 62.0 Å². The fourth-order valence-corrected chi connectivity index (χ4v) is 10.0. The molecular formula is C47H55ClN10O8. The van der Waals surface area contributed by atoms with Crippen molar-refractivity contribution in [3.63, 3.8) is 0 Å². The summed E-state index contributed by atoms with van der Waals surface area (Å²) in [4.78, 5) is 93.0. The van der Waals surface area contributed by atoms with Crippen LogP contribution in [0.3, 0.4) is 0 Å². The van der Waals surface area contributed by atoms with Crippen LogP contribution in [0, 0.1) is 0 Å². The number of piperidine rings is 2. The van der Waals surface area contributed by atoms with Crippen LogP contribution in [0.4, 0.5) is 23.1 Å². The first-order valence-corrected chi connectivity index (χ1v) is 23.2. The second-order valence-corrected chi connectivity index (χ2v) is 18.6. The van der Waals surface area contributed by atoms with Gasteiger partial charge in [-0.05, 0) is 108 Å². The van der Waals surface area contributed by atoms with Crippen LogP contribution in [-0.4, -0.2) is 131 Å². The number of carbonyl (C=O) groups excluding carboxylic acids is 5. The summed E-state index contributed by atoms with van der Waals surface area (Å²) in [5.41, 5.74) is 2.59. The molecule has 1 saturated carbocycles. The van der Waals surface area contributed by atoms with Gasteiger partial charge in [0.25, 0.3) is 23.3 Å². The largest absolute Gasteiger partial charge is 0.478 e. The first-order chi connectivity index (χ1) is 31.8.